The van der Waals surface area contributed by atoms with E-state index in [-0.39, 0.29) is 0 Å². The van der Waals surface area contributed by atoms with Gasteiger partial charge in [-0.15, -0.1) is 0 Å². The van der Waals surface area contributed by atoms with Crippen molar-refractivity contribution in [3.8, 4) is 11.5 Å². The summed E-state index contributed by atoms with van der Waals surface area (Å²) in [5.74, 6) is 2.78. The number of thiol groups is 1. The molecule has 0 saturated heterocycles. The maximum absolute atomic E-state index is 6.09. The van der Waals surface area contributed by atoms with Crippen molar-refractivity contribution in [3.05, 3.63) is 22.7 Å². The van der Waals surface area contributed by atoms with Crippen LogP contribution in [-0.2, 0) is 6.42 Å². The van der Waals surface area contributed by atoms with Gasteiger partial charge in [-0.3, -0.25) is 0 Å². The van der Waals surface area contributed by atoms with Crippen molar-refractivity contribution in [2.24, 2.45) is 5.92 Å². The lowest BCUT2D eigenvalue weighted by Gasteiger charge is -2.14. The third-order valence-electron chi connectivity index (χ3n) is 2.43. The zero-order valence-electron chi connectivity index (χ0n) is 9.79. The molecule has 1 aromatic carbocycles. The van der Waals surface area contributed by atoms with E-state index < -0.39 is 0 Å². The lowest BCUT2D eigenvalue weighted by Crippen LogP contribution is -2.03. The first kappa shape index (κ1) is 13.5. The standard InChI is InChI=1S/C12H17ClO2S/c1-8(7-16)4-9-5-10(13)12(15-3)6-11(9)14-2/h5-6,8,16H,4,7H2,1-3H3. The Morgan fingerprint density at radius 1 is 1.25 bits per heavy atom. The summed E-state index contributed by atoms with van der Waals surface area (Å²) in [6.45, 7) is 2.14. The van der Waals surface area contributed by atoms with Crippen molar-refractivity contribution < 1.29 is 9.47 Å². The fourth-order valence-electron chi connectivity index (χ4n) is 1.52. The summed E-state index contributed by atoms with van der Waals surface area (Å²) in [7, 11) is 3.24. The zero-order valence-corrected chi connectivity index (χ0v) is 11.4. The van der Waals surface area contributed by atoms with Gasteiger partial charge in [0, 0.05) is 6.07 Å². The minimum Gasteiger partial charge on any atom is -0.496 e. The van der Waals surface area contributed by atoms with Crippen LogP contribution in [0.2, 0.25) is 5.02 Å². The van der Waals surface area contributed by atoms with E-state index in [1.165, 1.54) is 0 Å². The Bertz CT molecular complexity index is 355. The van der Waals surface area contributed by atoms with E-state index in [4.69, 9.17) is 21.1 Å². The third-order valence-corrected chi connectivity index (χ3v) is 3.35. The summed E-state index contributed by atoms with van der Waals surface area (Å²) >= 11 is 10.4. The molecule has 4 heteroatoms. The van der Waals surface area contributed by atoms with Crippen molar-refractivity contribution in [1.29, 1.82) is 0 Å². The highest BCUT2D eigenvalue weighted by Gasteiger charge is 2.12. The molecule has 90 valence electrons. The van der Waals surface area contributed by atoms with Crippen molar-refractivity contribution in [1.82, 2.24) is 0 Å². The molecule has 1 rings (SSSR count). The van der Waals surface area contributed by atoms with E-state index in [9.17, 15) is 0 Å². The van der Waals surface area contributed by atoms with E-state index in [2.05, 4.69) is 19.6 Å². The van der Waals surface area contributed by atoms with Gasteiger partial charge in [0.05, 0.1) is 19.2 Å². The Morgan fingerprint density at radius 2 is 1.88 bits per heavy atom. The first-order valence-electron chi connectivity index (χ1n) is 5.13. The Kier molecular flexibility index (Phi) is 5.29. The van der Waals surface area contributed by atoms with Gasteiger partial charge in [-0.2, -0.15) is 12.6 Å². The zero-order chi connectivity index (χ0) is 12.1. The Hall–Kier alpha value is -0.540. The molecule has 0 bridgehead atoms. The van der Waals surface area contributed by atoms with Crippen LogP contribution in [0.1, 0.15) is 12.5 Å². The van der Waals surface area contributed by atoms with E-state index in [0.717, 1.165) is 23.5 Å². The summed E-state index contributed by atoms with van der Waals surface area (Å²) < 4.78 is 10.5. The van der Waals surface area contributed by atoms with Crippen LogP contribution in [-0.4, -0.2) is 20.0 Å². The van der Waals surface area contributed by atoms with Crippen molar-refractivity contribution in [2.45, 2.75) is 13.3 Å². The van der Waals surface area contributed by atoms with Crippen LogP contribution in [0.3, 0.4) is 0 Å². The molecule has 0 aliphatic rings. The lowest BCUT2D eigenvalue weighted by molar-refractivity contribution is 0.389. The number of methoxy groups -OCH3 is 2. The van der Waals surface area contributed by atoms with E-state index >= 15 is 0 Å². The highest BCUT2D eigenvalue weighted by atomic mass is 35.5. The molecule has 0 N–H and O–H groups in total. The van der Waals surface area contributed by atoms with Gasteiger partial charge >= 0.3 is 0 Å². The summed E-state index contributed by atoms with van der Waals surface area (Å²) in [5.41, 5.74) is 1.09. The first-order valence-corrected chi connectivity index (χ1v) is 6.14. The SMILES string of the molecule is COc1cc(OC)c(CC(C)CS)cc1Cl. The number of benzene rings is 1. The topological polar surface area (TPSA) is 18.5 Å². The molecule has 0 amide bonds. The van der Waals surface area contributed by atoms with E-state index in [1.807, 2.05) is 12.1 Å². The fourth-order valence-corrected chi connectivity index (χ4v) is 1.91. The third kappa shape index (κ3) is 3.22. The van der Waals surface area contributed by atoms with Crippen molar-refractivity contribution in [3.63, 3.8) is 0 Å². The van der Waals surface area contributed by atoms with Crippen LogP contribution in [0.4, 0.5) is 0 Å². The van der Waals surface area contributed by atoms with Crippen LogP contribution in [0.15, 0.2) is 12.1 Å². The summed E-state index contributed by atoms with van der Waals surface area (Å²) in [6.07, 6.45) is 0.899. The van der Waals surface area contributed by atoms with Crippen molar-refractivity contribution >= 4 is 24.2 Å². The second-order valence-electron chi connectivity index (χ2n) is 3.79. The molecule has 1 atom stereocenters. The smallest absolute Gasteiger partial charge is 0.141 e. The van der Waals surface area contributed by atoms with Gasteiger partial charge in [0.25, 0.3) is 0 Å². The molecule has 0 saturated carbocycles. The molecule has 0 aromatic heterocycles. The number of hydrogen-bond donors (Lipinski definition) is 1. The Morgan fingerprint density at radius 3 is 2.38 bits per heavy atom. The highest BCUT2D eigenvalue weighted by Crippen LogP contribution is 2.33. The summed E-state index contributed by atoms with van der Waals surface area (Å²) in [6, 6.07) is 3.72. The minimum atomic E-state index is 0.488. The van der Waals surface area contributed by atoms with Crippen LogP contribution in [0.25, 0.3) is 0 Å². The van der Waals surface area contributed by atoms with Gasteiger partial charge in [0.2, 0.25) is 0 Å². The summed E-state index contributed by atoms with van der Waals surface area (Å²) in [4.78, 5) is 0. The average molecular weight is 261 g/mol. The second kappa shape index (κ2) is 6.26. The fraction of sp³-hybridized carbons (Fsp3) is 0.500. The molecule has 0 radical (unpaired) electrons. The maximum Gasteiger partial charge on any atom is 0.141 e. The van der Waals surface area contributed by atoms with Gasteiger partial charge in [-0.05, 0) is 29.7 Å². The minimum absolute atomic E-state index is 0.488. The highest BCUT2D eigenvalue weighted by molar-refractivity contribution is 7.80. The van der Waals surface area contributed by atoms with Gasteiger partial charge in [0.15, 0.2) is 0 Å². The number of halogens is 1. The molecule has 0 spiro atoms. The quantitative estimate of drug-likeness (QED) is 0.818. The molecule has 0 aliphatic heterocycles. The molecular weight excluding hydrogens is 244 g/mol. The molecule has 0 heterocycles. The predicted octanol–water partition coefficient (Wildman–Crippen LogP) is 3.47. The van der Waals surface area contributed by atoms with Crippen molar-refractivity contribution in [2.75, 3.05) is 20.0 Å². The van der Waals surface area contributed by atoms with Crippen LogP contribution >= 0.6 is 24.2 Å². The number of rotatable bonds is 5. The number of hydrogen-bond acceptors (Lipinski definition) is 3. The molecule has 2 nitrogen and oxygen atoms in total. The van der Waals surface area contributed by atoms with Gasteiger partial charge in [-0.1, -0.05) is 18.5 Å². The summed E-state index contributed by atoms with van der Waals surface area (Å²) in [5, 5.41) is 0.615. The second-order valence-corrected chi connectivity index (χ2v) is 4.56. The van der Waals surface area contributed by atoms with Gasteiger partial charge in [-0.25, -0.2) is 0 Å². The van der Waals surface area contributed by atoms with Crippen LogP contribution < -0.4 is 9.47 Å². The monoisotopic (exact) mass is 260 g/mol. The van der Waals surface area contributed by atoms with Crippen LogP contribution in [0.5, 0.6) is 11.5 Å². The molecule has 0 aliphatic carbocycles. The first-order chi connectivity index (χ1) is 7.62. The maximum atomic E-state index is 6.09. The average Bonchev–Trinajstić information content (AvgIpc) is 2.29. The normalized spacial score (nSPS) is 12.3. The predicted molar refractivity (Wildman–Crippen MR) is 71.3 cm³/mol. The molecule has 0 fully saturated rings. The Labute approximate surface area is 107 Å². The molecule has 1 unspecified atom stereocenters. The molecule has 1 aromatic rings. The largest absolute Gasteiger partial charge is 0.496 e. The lowest BCUT2D eigenvalue weighted by atomic mass is 10.0. The molecular formula is C12H17ClO2S. The van der Waals surface area contributed by atoms with Crippen LogP contribution in [0, 0.1) is 5.92 Å². The number of ether oxygens (including phenoxy) is 2. The molecule has 16 heavy (non-hydrogen) atoms. The van der Waals surface area contributed by atoms with E-state index in [1.54, 1.807) is 14.2 Å². The van der Waals surface area contributed by atoms with E-state index in [0.29, 0.717) is 16.7 Å². The Balaban J connectivity index is 3.03. The van der Waals surface area contributed by atoms with Gasteiger partial charge < -0.3 is 9.47 Å². The van der Waals surface area contributed by atoms with Gasteiger partial charge in [0.1, 0.15) is 11.5 Å².